The summed E-state index contributed by atoms with van der Waals surface area (Å²) in [5.74, 6) is 2.04. The molecule has 2 fully saturated rings. The SMILES string of the molecule is CC1CC1CNC1CCCCC1. The highest BCUT2D eigenvalue weighted by molar-refractivity contribution is 4.85. The van der Waals surface area contributed by atoms with Gasteiger partial charge in [-0.1, -0.05) is 26.2 Å². The first-order valence-electron chi connectivity index (χ1n) is 5.59. The highest BCUT2D eigenvalue weighted by atomic mass is 14.9. The Labute approximate surface area is 75.9 Å². The summed E-state index contributed by atoms with van der Waals surface area (Å²) in [6.07, 6.45) is 8.72. The number of hydrogen-bond acceptors (Lipinski definition) is 1. The first kappa shape index (κ1) is 8.55. The molecule has 12 heavy (non-hydrogen) atoms. The third-order valence-corrected chi connectivity index (χ3v) is 3.55. The van der Waals surface area contributed by atoms with E-state index in [0.717, 1.165) is 17.9 Å². The molecule has 0 amide bonds. The molecular weight excluding hydrogens is 146 g/mol. The van der Waals surface area contributed by atoms with Crippen molar-refractivity contribution >= 4 is 0 Å². The van der Waals surface area contributed by atoms with Gasteiger partial charge in [-0.25, -0.2) is 0 Å². The Morgan fingerprint density at radius 3 is 2.42 bits per heavy atom. The molecule has 1 N–H and O–H groups in total. The van der Waals surface area contributed by atoms with Crippen molar-refractivity contribution in [1.82, 2.24) is 5.32 Å². The van der Waals surface area contributed by atoms with Gasteiger partial charge in [0.25, 0.3) is 0 Å². The summed E-state index contributed by atoms with van der Waals surface area (Å²) >= 11 is 0. The van der Waals surface area contributed by atoms with Crippen LogP contribution in [-0.2, 0) is 0 Å². The van der Waals surface area contributed by atoms with Gasteiger partial charge in [0.15, 0.2) is 0 Å². The summed E-state index contributed by atoms with van der Waals surface area (Å²) in [4.78, 5) is 0. The van der Waals surface area contributed by atoms with Crippen LogP contribution in [0, 0.1) is 11.8 Å². The van der Waals surface area contributed by atoms with Crippen LogP contribution in [0.5, 0.6) is 0 Å². The fourth-order valence-electron chi connectivity index (χ4n) is 2.31. The molecule has 0 aromatic carbocycles. The van der Waals surface area contributed by atoms with Crippen molar-refractivity contribution in [3.8, 4) is 0 Å². The maximum absolute atomic E-state index is 3.71. The predicted octanol–water partition coefficient (Wildman–Crippen LogP) is 2.56. The summed E-state index contributed by atoms with van der Waals surface area (Å²) in [6, 6.07) is 0.867. The van der Waals surface area contributed by atoms with Crippen LogP contribution in [-0.4, -0.2) is 12.6 Å². The van der Waals surface area contributed by atoms with E-state index in [2.05, 4.69) is 12.2 Å². The Hall–Kier alpha value is -0.0400. The summed E-state index contributed by atoms with van der Waals surface area (Å²) in [7, 11) is 0. The van der Waals surface area contributed by atoms with Crippen molar-refractivity contribution in [3.63, 3.8) is 0 Å². The topological polar surface area (TPSA) is 12.0 Å². The van der Waals surface area contributed by atoms with Gasteiger partial charge in [0.1, 0.15) is 0 Å². The van der Waals surface area contributed by atoms with Crippen molar-refractivity contribution in [2.45, 2.75) is 51.5 Å². The van der Waals surface area contributed by atoms with E-state index in [9.17, 15) is 0 Å². The Morgan fingerprint density at radius 1 is 1.17 bits per heavy atom. The standard InChI is InChI=1S/C11H21N/c1-9-7-10(9)8-12-11-5-3-2-4-6-11/h9-12H,2-8H2,1H3. The quantitative estimate of drug-likeness (QED) is 0.681. The van der Waals surface area contributed by atoms with E-state index in [1.165, 1.54) is 45.1 Å². The molecular formula is C11H21N. The molecule has 0 spiro atoms. The van der Waals surface area contributed by atoms with Crippen molar-refractivity contribution < 1.29 is 0 Å². The lowest BCUT2D eigenvalue weighted by molar-refractivity contribution is 0.367. The average Bonchev–Trinajstić information content (AvgIpc) is 2.81. The zero-order chi connectivity index (χ0) is 8.39. The predicted molar refractivity (Wildman–Crippen MR) is 52.1 cm³/mol. The number of rotatable bonds is 3. The number of nitrogens with one attached hydrogen (secondary N) is 1. The second-order valence-corrected chi connectivity index (χ2v) is 4.72. The molecule has 0 heterocycles. The fraction of sp³-hybridized carbons (Fsp3) is 1.00. The van der Waals surface area contributed by atoms with Crippen molar-refractivity contribution in [3.05, 3.63) is 0 Å². The molecule has 2 aliphatic rings. The first-order valence-corrected chi connectivity index (χ1v) is 5.59. The molecule has 2 rings (SSSR count). The molecule has 0 aliphatic heterocycles. The molecule has 2 atom stereocenters. The summed E-state index contributed by atoms with van der Waals surface area (Å²) < 4.78 is 0. The molecule has 1 heteroatoms. The van der Waals surface area contributed by atoms with E-state index in [4.69, 9.17) is 0 Å². The molecule has 2 unspecified atom stereocenters. The molecule has 2 saturated carbocycles. The van der Waals surface area contributed by atoms with E-state index in [-0.39, 0.29) is 0 Å². The van der Waals surface area contributed by atoms with Gasteiger partial charge >= 0.3 is 0 Å². The molecule has 0 bridgehead atoms. The average molecular weight is 167 g/mol. The van der Waals surface area contributed by atoms with E-state index in [0.29, 0.717) is 0 Å². The van der Waals surface area contributed by atoms with Gasteiger partial charge in [0, 0.05) is 6.04 Å². The minimum absolute atomic E-state index is 0.867. The van der Waals surface area contributed by atoms with Gasteiger partial charge in [-0.3, -0.25) is 0 Å². The van der Waals surface area contributed by atoms with Gasteiger partial charge in [0.2, 0.25) is 0 Å². The van der Waals surface area contributed by atoms with Crippen LogP contribution in [0.25, 0.3) is 0 Å². The molecule has 0 aromatic heterocycles. The van der Waals surface area contributed by atoms with Crippen LogP contribution in [0.3, 0.4) is 0 Å². The minimum Gasteiger partial charge on any atom is -0.314 e. The lowest BCUT2D eigenvalue weighted by atomic mass is 9.95. The molecule has 0 radical (unpaired) electrons. The Kier molecular flexibility index (Phi) is 2.69. The minimum atomic E-state index is 0.867. The highest BCUT2D eigenvalue weighted by Crippen LogP contribution is 2.37. The van der Waals surface area contributed by atoms with Gasteiger partial charge in [-0.05, 0) is 37.6 Å². The maximum atomic E-state index is 3.71. The van der Waals surface area contributed by atoms with E-state index in [1.54, 1.807) is 0 Å². The lowest BCUT2D eigenvalue weighted by Gasteiger charge is -2.22. The molecule has 2 aliphatic carbocycles. The van der Waals surface area contributed by atoms with Crippen LogP contribution in [0.1, 0.15) is 45.4 Å². The van der Waals surface area contributed by atoms with Crippen molar-refractivity contribution in [1.29, 1.82) is 0 Å². The monoisotopic (exact) mass is 167 g/mol. The molecule has 70 valence electrons. The van der Waals surface area contributed by atoms with Gasteiger partial charge in [0.05, 0.1) is 0 Å². The molecule has 0 saturated heterocycles. The van der Waals surface area contributed by atoms with Crippen molar-refractivity contribution in [2.24, 2.45) is 11.8 Å². The van der Waals surface area contributed by atoms with Crippen LogP contribution in [0.15, 0.2) is 0 Å². The molecule has 0 aromatic rings. The zero-order valence-corrected chi connectivity index (χ0v) is 8.18. The van der Waals surface area contributed by atoms with Crippen LogP contribution >= 0.6 is 0 Å². The van der Waals surface area contributed by atoms with Crippen molar-refractivity contribution in [2.75, 3.05) is 6.54 Å². The van der Waals surface area contributed by atoms with Gasteiger partial charge < -0.3 is 5.32 Å². The highest BCUT2D eigenvalue weighted by Gasteiger charge is 2.32. The molecule has 1 nitrogen and oxygen atoms in total. The summed E-state index contributed by atoms with van der Waals surface area (Å²) in [5, 5.41) is 3.71. The van der Waals surface area contributed by atoms with E-state index < -0.39 is 0 Å². The van der Waals surface area contributed by atoms with Crippen LogP contribution < -0.4 is 5.32 Å². The van der Waals surface area contributed by atoms with Crippen LogP contribution in [0.4, 0.5) is 0 Å². The Morgan fingerprint density at radius 2 is 1.83 bits per heavy atom. The summed E-state index contributed by atoms with van der Waals surface area (Å²) in [6.45, 7) is 3.67. The normalized spacial score (nSPS) is 36.8. The second kappa shape index (κ2) is 3.78. The largest absolute Gasteiger partial charge is 0.314 e. The Bertz CT molecular complexity index is 138. The van der Waals surface area contributed by atoms with E-state index >= 15 is 0 Å². The number of hydrogen-bond donors (Lipinski definition) is 1. The fourth-order valence-corrected chi connectivity index (χ4v) is 2.31. The van der Waals surface area contributed by atoms with Crippen LogP contribution in [0.2, 0.25) is 0 Å². The summed E-state index contributed by atoms with van der Waals surface area (Å²) in [5.41, 5.74) is 0. The van der Waals surface area contributed by atoms with Gasteiger partial charge in [-0.15, -0.1) is 0 Å². The smallest absolute Gasteiger partial charge is 0.00671 e. The third-order valence-electron chi connectivity index (χ3n) is 3.55. The van der Waals surface area contributed by atoms with Gasteiger partial charge in [-0.2, -0.15) is 0 Å². The second-order valence-electron chi connectivity index (χ2n) is 4.72. The zero-order valence-electron chi connectivity index (χ0n) is 8.18. The Balaban J connectivity index is 1.59. The third kappa shape index (κ3) is 2.22. The maximum Gasteiger partial charge on any atom is 0.00671 e. The van der Waals surface area contributed by atoms with E-state index in [1.807, 2.05) is 0 Å². The first-order chi connectivity index (χ1) is 5.86. The lowest BCUT2D eigenvalue weighted by Crippen LogP contribution is -2.32.